The number of methoxy groups -OCH3 is 1. The Kier molecular flexibility index (Phi) is 18.2. The van der Waals surface area contributed by atoms with Gasteiger partial charge in [-0.3, -0.25) is 14.6 Å². The fourth-order valence-corrected chi connectivity index (χ4v) is 4.87. The number of unbranched alkanes of at least 4 members (excludes halogenated alkanes) is 3. The molecule has 1 saturated heterocycles. The van der Waals surface area contributed by atoms with Crippen LogP contribution in [0.15, 0.2) is 30.6 Å². The van der Waals surface area contributed by atoms with Crippen LogP contribution in [-0.4, -0.2) is 64.3 Å². The topological polar surface area (TPSA) is 127 Å². The zero-order chi connectivity index (χ0) is 32.1. The molecular weight excluding hydrogens is 540 g/mol. The summed E-state index contributed by atoms with van der Waals surface area (Å²) in [6.07, 6.45) is 24.3. The van der Waals surface area contributed by atoms with Crippen LogP contribution in [0.4, 0.5) is 0 Å². The van der Waals surface area contributed by atoms with Gasteiger partial charge in [0, 0.05) is 25.5 Å². The molecule has 43 heavy (non-hydrogen) atoms. The molecule has 2 fully saturated rings. The summed E-state index contributed by atoms with van der Waals surface area (Å²) in [6, 6.07) is 5.76. The highest BCUT2D eigenvalue weighted by molar-refractivity contribution is 5.82. The molecule has 3 aromatic rings. The number of ketones is 1. The summed E-state index contributed by atoms with van der Waals surface area (Å²) in [7, 11) is 3.85. The number of nitrogens with two attached hydrogens (primary N) is 1. The van der Waals surface area contributed by atoms with Gasteiger partial charge in [-0.1, -0.05) is 33.6 Å². The smallest absolute Gasteiger partial charge is 0.223 e. The molecule has 1 amide bonds. The van der Waals surface area contributed by atoms with Crippen molar-refractivity contribution in [2.75, 3.05) is 27.2 Å². The molecule has 1 saturated carbocycles. The molecule has 2 aliphatic rings. The third-order valence-electron chi connectivity index (χ3n) is 7.68. The van der Waals surface area contributed by atoms with Gasteiger partial charge in [0.05, 0.1) is 35.6 Å². The third kappa shape index (κ3) is 13.0. The zero-order valence-corrected chi connectivity index (χ0v) is 26.9. The molecule has 5 rings (SSSR count). The first-order chi connectivity index (χ1) is 20.9. The summed E-state index contributed by atoms with van der Waals surface area (Å²) in [5.41, 5.74) is 8.41. The van der Waals surface area contributed by atoms with Crippen molar-refractivity contribution < 1.29 is 14.3 Å². The number of Topliss-reactive ketones (excluding diaryl/α,β-unsaturated/α-hetero) is 1. The number of pyridine rings is 2. The van der Waals surface area contributed by atoms with E-state index in [1.807, 2.05) is 45.2 Å². The van der Waals surface area contributed by atoms with E-state index >= 15 is 0 Å². The van der Waals surface area contributed by atoms with Gasteiger partial charge in [-0.25, -0.2) is 9.97 Å². The number of imidazole rings is 1. The Labute approximate surface area is 258 Å². The Balaban J connectivity index is 0.000000474. The Morgan fingerprint density at radius 3 is 2.35 bits per heavy atom. The first-order valence-electron chi connectivity index (χ1n) is 15.5. The number of ether oxygens (including phenoxy) is 1. The monoisotopic (exact) mass is 592 g/mol. The predicted molar refractivity (Wildman–Crippen MR) is 176 cm³/mol. The van der Waals surface area contributed by atoms with Crippen LogP contribution < -0.4 is 10.5 Å². The van der Waals surface area contributed by atoms with E-state index in [1.165, 1.54) is 38.8 Å². The van der Waals surface area contributed by atoms with E-state index < -0.39 is 0 Å². The number of rotatable bonds is 10. The summed E-state index contributed by atoms with van der Waals surface area (Å²) in [4.78, 5) is 39.1. The highest BCUT2D eigenvalue weighted by Gasteiger charge is 2.43. The van der Waals surface area contributed by atoms with Gasteiger partial charge >= 0.3 is 0 Å². The second-order valence-corrected chi connectivity index (χ2v) is 10.6. The Morgan fingerprint density at radius 2 is 1.74 bits per heavy atom. The lowest BCUT2D eigenvalue weighted by molar-refractivity contribution is -0.118. The standard InChI is InChI=1S/C21H26N4O2.C8H15N.C2H6.C2H2.CH3NO/c1-3-15(26)9-6-4-5-7-11-20-23-14-19(24-20)16-13-18-17(10-8-12-22-18)25-21(16)27-2;1-9-6-4-8(2-3-8)5-7-9;2*1-2;2-1-3/h8,10,12-14H,3-7,9,11H2,1-2H3,(H,23,24);2-7H2,1H3;1-2H3;1-2H;1H,(H2,2,3). The maximum absolute atomic E-state index is 11.3. The lowest BCUT2D eigenvalue weighted by atomic mass is 9.94. The van der Waals surface area contributed by atoms with Crippen LogP contribution in [0.5, 0.6) is 5.88 Å². The van der Waals surface area contributed by atoms with Crippen LogP contribution in [0.3, 0.4) is 0 Å². The molecule has 1 aliphatic carbocycles. The van der Waals surface area contributed by atoms with Crippen molar-refractivity contribution in [1.82, 2.24) is 24.8 Å². The number of aromatic amines is 1. The van der Waals surface area contributed by atoms with Crippen molar-refractivity contribution in [3.8, 4) is 30.0 Å². The highest BCUT2D eigenvalue weighted by atomic mass is 16.5. The summed E-state index contributed by atoms with van der Waals surface area (Å²) in [5.74, 6) is 1.88. The number of aromatic nitrogens is 4. The van der Waals surface area contributed by atoms with E-state index in [-0.39, 0.29) is 6.41 Å². The van der Waals surface area contributed by atoms with Crippen LogP contribution in [0, 0.1) is 18.3 Å². The van der Waals surface area contributed by atoms with Crippen molar-refractivity contribution in [1.29, 1.82) is 0 Å². The number of piperidine rings is 1. The largest absolute Gasteiger partial charge is 0.480 e. The van der Waals surface area contributed by atoms with Crippen LogP contribution in [0.25, 0.3) is 22.3 Å². The number of aryl methyl sites for hydroxylation is 1. The van der Waals surface area contributed by atoms with Crippen LogP contribution in [0.2, 0.25) is 0 Å². The lowest BCUT2D eigenvalue weighted by Crippen LogP contribution is -2.30. The number of fused-ring (bicyclic) bond motifs is 1. The minimum absolute atomic E-state index is 0.250. The van der Waals surface area contributed by atoms with E-state index in [0.29, 0.717) is 24.5 Å². The highest BCUT2D eigenvalue weighted by Crippen LogP contribution is 2.53. The van der Waals surface area contributed by atoms with E-state index in [0.717, 1.165) is 65.6 Å². The Hall–Kier alpha value is -3.77. The predicted octanol–water partition coefficient (Wildman–Crippen LogP) is 6.37. The SMILES string of the molecule is C#C.CC.CCC(=O)CCCCCCc1ncc(-c2cc3ncccc3nc2OC)[nH]1.CN1CCC2(CC1)CC2.NC=O. The number of terminal acetylenes is 1. The third-order valence-corrected chi connectivity index (χ3v) is 7.68. The Bertz CT molecular complexity index is 1230. The van der Waals surface area contributed by atoms with Gasteiger partial charge in [0.1, 0.15) is 11.6 Å². The summed E-state index contributed by atoms with van der Waals surface area (Å²) < 4.78 is 5.46. The number of primary amides is 1. The zero-order valence-electron chi connectivity index (χ0n) is 26.9. The maximum atomic E-state index is 11.3. The minimum atomic E-state index is 0.250. The molecule has 0 radical (unpaired) electrons. The van der Waals surface area contributed by atoms with E-state index in [4.69, 9.17) is 9.53 Å². The van der Waals surface area contributed by atoms with Gasteiger partial charge in [-0.05, 0) is 82.3 Å². The molecule has 0 bridgehead atoms. The first kappa shape index (κ1) is 37.3. The summed E-state index contributed by atoms with van der Waals surface area (Å²) in [5, 5.41) is 0. The molecule has 236 valence electrons. The number of hydrogen-bond acceptors (Lipinski definition) is 7. The van der Waals surface area contributed by atoms with Crippen LogP contribution >= 0.6 is 0 Å². The van der Waals surface area contributed by atoms with Gasteiger partial charge in [-0.2, -0.15) is 0 Å². The van der Waals surface area contributed by atoms with Crippen molar-refractivity contribution in [2.45, 2.75) is 91.4 Å². The average molecular weight is 593 g/mol. The van der Waals surface area contributed by atoms with Crippen molar-refractivity contribution in [2.24, 2.45) is 11.1 Å². The van der Waals surface area contributed by atoms with Crippen LogP contribution in [-0.2, 0) is 16.0 Å². The summed E-state index contributed by atoms with van der Waals surface area (Å²) in [6.45, 7) is 8.62. The number of carbonyl (C=O) groups is 2. The van der Waals surface area contributed by atoms with Gasteiger partial charge in [0.25, 0.3) is 0 Å². The maximum Gasteiger partial charge on any atom is 0.223 e. The van der Waals surface area contributed by atoms with E-state index in [1.54, 1.807) is 13.3 Å². The molecular formula is C34H52N6O3. The molecule has 3 aromatic heterocycles. The molecule has 4 heterocycles. The fraction of sp³-hybridized carbons (Fsp3) is 0.559. The van der Waals surface area contributed by atoms with Crippen molar-refractivity contribution >= 4 is 23.2 Å². The van der Waals surface area contributed by atoms with Crippen molar-refractivity contribution in [3.05, 3.63) is 36.4 Å². The van der Waals surface area contributed by atoms with Gasteiger partial charge in [0.15, 0.2) is 0 Å². The number of nitrogens with zero attached hydrogens (tertiary/aromatic N) is 4. The minimum Gasteiger partial charge on any atom is -0.480 e. The molecule has 1 aliphatic heterocycles. The van der Waals surface area contributed by atoms with Gasteiger partial charge in [0.2, 0.25) is 12.3 Å². The molecule has 0 unspecified atom stereocenters. The van der Waals surface area contributed by atoms with Crippen molar-refractivity contribution in [3.63, 3.8) is 0 Å². The normalized spacial score (nSPS) is 14.3. The number of nitrogens with one attached hydrogen (secondary N) is 1. The number of hydrogen-bond donors (Lipinski definition) is 2. The number of likely N-dealkylation sites (tertiary alicyclic amines) is 1. The van der Waals surface area contributed by atoms with Gasteiger partial charge < -0.3 is 20.4 Å². The first-order valence-corrected chi connectivity index (χ1v) is 15.5. The van der Waals surface area contributed by atoms with Crippen LogP contribution in [0.1, 0.15) is 90.8 Å². The molecule has 0 aromatic carbocycles. The second kappa shape index (κ2) is 21.0. The van der Waals surface area contributed by atoms with E-state index in [2.05, 4.69) is 50.5 Å². The number of amides is 1. The number of H-pyrrole nitrogens is 1. The fourth-order valence-electron chi connectivity index (χ4n) is 4.87. The molecule has 1 spiro atoms. The molecule has 9 heteroatoms. The lowest BCUT2D eigenvalue weighted by Gasteiger charge is -2.28. The van der Waals surface area contributed by atoms with E-state index in [9.17, 15) is 4.79 Å². The molecule has 9 nitrogen and oxygen atoms in total. The molecule has 0 atom stereocenters. The quantitative estimate of drug-likeness (QED) is 0.159. The summed E-state index contributed by atoms with van der Waals surface area (Å²) >= 11 is 0. The Morgan fingerprint density at radius 1 is 1.09 bits per heavy atom. The number of carbonyl (C=O) groups excluding carboxylic acids is 2. The average Bonchev–Trinajstić information content (AvgIpc) is 3.65. The second-order valence-electron chi connectivity index (χ2n) is 10.6. The molecule has 3 N–H and O–H groups in total. The van der Waals surface area contributed by atoms with Gasteiger partial charge in [-0.15, -0.1) is 12.8 Å².